The van der Waals surface area contributed by atoms with Crippen LogP contribution in [0, 0.1) is 6.92 Å². The van der Waals surface area contributed by atoms with Crippen LogP contribution in [0.1, 0.15) is 31.2 Å². The number of carbonyl (C=O) groups excluding carboxylic acids is 2. The fraction of sp³-hybridized carbons (Fsp3) is 0.417. The molecule has 2 aromatic carbocycles. The summed E-state index contributed by atoms with van der Waals surface area (Å²) in [7, 11) is 0. The summed E-state index contributed by atoms with van der Waals surface area (Å²) in [6.07, 6.45) is 2.91. The van der Waals surface area contributed by atoms with Crippen LogP contribution in [0.3, 0.4) is 0 Å². The number of urea groups is 1. The van der Waals surface area contributed by atoms with Gasteiger partial charge in [0.2, 0.25) is 5.91 Å². The largest absolute Gasteiger partial charge is 0.494 e. The van der Waals surface area contributed by atoms with E-state index in [2.05, 4.69) is 5.32 Å². The standard InChI is InChI=1S/C24H30ClN3O3/c1-19-6-4-7-22(18-19)31-17-3-2-8-23(29)27-13-5-14-28(16-15-27)24(30)26-21-11-9-20(25)10-12-21/h4,6-7,9-12,18H,2-3,5,8,13-17H2,1H3,(H,26,30). The molecule has 0 saturated carbocycles. The second kappa shape index (κ2) is 11.6. The van der Waals surface area contributed by atoms with Crippen molar-refractivity contribution in [2.45, 2.75) is 32.6 Å². The van der Waals surface area contributed by atoms with Gasteiger partial charge in [0.05, 0.1) is 6.61 Å². The number of ether oxygens (including phenoxy) is 1. The molecule has 1 aliphatic heterocycles. The number of nitrogens with one attached hydrogen (secondary N) is 1. The summed E-state index contributed by atoms with van der Waals surface area (Å²) in [5, 5.41) is 3.52. The Morgan fingerprint density at radius 2 is 1.74 bits per heavy atom. The lowest BCUT2D eigenvalue weighted by Gasteiger charge is -2.22. The summed E-state index contributed by atoms with van der Waals surface area (Å²) in [6.45, 7) is 5.05. The number of amides is 3. The number of benzene rings is 2. The van der Waals surface area contributed by atoms with E-state index in [4.69, 9.17) is 16.3 Å². The van der Waals surface area contributed by atoms with Gasteiger partial charge in [0.25, 0.3) is 0 Å². The maximum atomic E-state index is 12.6. The molecule has 7 heteroatoms. The highest BCUT2D eigenvalue weighted by Gasteiger charge is 2.21. The molecule has 0 radical (unpaired) electrons. The molecule has 0 aromatic heterocycles. The molecule has 166 valence electrons. The SMILES string of the molecule is Cc1cccc(OCCCCC(=O)N2CCCN(C(=O)Nc3ccc(Cl)cc3)CC2)c1. The molecule has 3 rings (SSSR count). The number of carbonyl (C=O) groups is 2. The van der Waals surface area contributed by atoms with Crippen molar-refractivity contribution in [2.24, 2.45) is 0 Å². The van der Waals surface area contributed by atoms with Crippen molar-refractivity contribution in [3.8, 4) is 5.75 Å². The monoisotopic (exact) mass is 443 g/mol. The summed E-state index contributed by atoms with van der Waals surface area (Å²) >= 11 is 5.88. The number of halogens is 1. The van der Waals surface area contributed by atoms with E-state index in [-0.39, 0.29) is 11.9 Å². The van der Waals surface area contributed by atoms with E-state index in [1.807, 2.05) is 36.1 Å². The summed E-state index contributed by atoms with van der Waals surface area (Å²) < 4.78 is 5.75. The van der Waals surface area contributed by atoms with Gasteiger partial charge < -0.3 is 19.9 Å². The molecule has 31 heavy (non-hydrogen) atoms. The third kappa shape index (κ3) is 7.47. The van der Waals surface area contributed by atoms with Crippen molar-refractivity contribution in [1.29, 1.82) is 0 Å². The number of aryl methyl sites for hydroxylation is 1. The lowest BCUT2D eigenvalue weighted by molar-refractivity contribution is -0.131. The first kappa shape index (κ1) is 22.9. The molecule has 2 aromatic rings. The molecule has 0 spiro atoms. The molecule has 1 N–H and O–H groups in total. The second-order valence-electron chi connectivity index (χ2n) is 7.78. The van der Waals surface area contributed by atoms with Gasteiger partial charge in [-0.1, -0.05) is 23.7 Å². The zero-order valence-electron chi connectivity index (χ0n) is 18.0. The molecular weight excluding hydrogens is 414 g/mol. The molecule has 0 unspecified atom stereocenters. The third-order valence-electron chi connectivity index (χ3n) is 5.27. The maximum absolute atomic E-state index is 12.6. The second-order valence-corrected chi connectivity index (χ2v) is 8.22. The Labute approximate surface area is 189 Å². The van der Waals surface area contributed by atoms with Crippen LogP contribution in [-0.4, -0.2) is 54.5 Å². The minimum Gasteiger partial charge on any atom is -0.494 e. The van der Waals surface area contributed by atoms with E-state index in [1.54, 1.807) is 29.2 Å². The van der Waals surface area contributed by atoms with Crippen LogP contribution in [0.2, 0.25) is 5.02 Å². The van der Waals surface area contributed by atoms with Gasteiger partial charge in [-0.05, 0) is 68.1 Å². The van der Waals surface area contributed by atoms with Crippen molar-refractivity contribution in [3.05, 3.63) is 59.1 Å². The lowest BCUT2D eigenvalue weighted by atomic mass is 10.2. The molecular formula is C24H30ClN3O3. The molecule has 1 aliphatic rings. The zero-order valence-corrected chi connectivity index (χ0v) is 18.7. The predicted molar refractivity (Wildman–Crippen MR) is 124 cm³/mol. The van der Waals surface area contributed by atoms with Crippen molar-refractivity contribution in [2.75, 3.05) is 38.1 Å². The minimum atomic E-state index is -0.148. The van der Waals surface area contributed by atoms with Crippen LogP contribution < -0.4 is 10.1 Å². The predicted octanol–water partition coefficient (Wildman–Crippen LogP) is 4.96. The van der Waals surface area contributed by atoms with E-state index in [0.29, 0.717) is 49.9 Å². The van der Waals surface area contributed by atoms with Crippen LogP contribution in [0.5, 0.6) is 5.75 Å². The lowest BCUT2D eigenvalue weighted by Crippen LogP contribution is -2.39. The fourth-order valence-corrected chi connectivity index (χ4v) is 3.66. The smallest absolute Gasteiger partial charge is 0.321 e. The molecule has 1 saturated heterocycles. The Kier molecular flexibility index (Phi) is 8.59. The Hall–Kier alpha value is -2.73. The maximum Gasteiger partial charge on any atom is 0.321 e. The summed E-state index contributed by atoms with van der Waals surface area (Å²) in [4.78, 5) is 28.7. The van der Waals surface area contributed by atoms with Gasteiger partial charge in [0.1, 0.15) is 5.75 Å². The quantitative estimate of drug-likeness (QED) is 0.615. The van der Waals surface area contributed by atoms with Gasteiger partial charge in [-0.25, -0.2) is 4.79 Å². The topological polar surface area (TPSA) is 61.9 Å². The van der Waals surface area contributed by atoms with Gasteiger partial charge in [-0.2, -0.15) is 0 Å². The van der Waals surface area contributed by atoms with Crippen molar-refractivity contribution in [1.82, 2.24) is 9.80 Å². The Bertz CT molecular complexity index is 873. The van der Waals surface area contributed by atoms with Crippen LogP contribution in [0.4, 0.5) is 10.5 Å². The fourth-order valence-electron chi connectivity index (χ4n) is 3.54. The summed E-state index contributed by atoms with van der Waals surface area (Å²) in [5.41, 5.74) is 1.88. The molecule has 0 atom stereocenters. The number of hydrogen-bond acceptors (Lipinski definition) is 3. The van der Waals surface area contributed by atoms with E-state index >= 15 is 0 Å². The molecule has 3 amide bonds. The number of hydrogen-bond donors (Lipinski definition) is 1. The zero-order chi connectivity index (χ0) is 22.1. The summed E-state index contributed by atoms with van der Waals surface area (Å²) in [6, 6.07) is 14.9. The van der Waals surface area contributed by atoms with Crippen molar-refractivity contribution < 1.29 is 14.3 Å². The highest BCUT2D eigenvalue weighted by molar-refractivity contribution is 6.30. The van der Waals surface area contributed by atoms with Gasteiger partial charge in [-0.3, -0.25) is 4.79 Å². The average molecular weight is 444 g/mol. The first-order valence-electron chi connectivity index (χ1n) is 10.8. The third-order valence-corrected chi connectivity index (χ3v) is 5.53. The number of anilines is 1. The van der Waals surface area contributed by atoms with E-state index in [0.717, 1.165) is 25.0 Å². The van der Waals surface area contributed by atoms with E-state index in [1.165, 1.54) is 5.56 Å². The number of rotatable bonds is 7. The number of unbranched alkanes of at least 4 members (excludes halogenated alkanes) is 1. The average Bonchev–Trinajstić information content (AvgIpc) is 3.01. The summed E-state index contributed by atoms with van der Waals surface area (Å²) in [5.74, 6) is 1.02. The highest BCUT2D eigenvalue weighted by Crippen LogP contribution is 2.15. The van der Waals surface area contributed by atoms with Crippen LogP contribution in [0.15, 0.2) is 48.5 Å². The normalized spacial score (nSPS) is 14.1. The van der Waals surface area contributed by atoms with Crippen LogP contribution in [0.25, 0.3) is 0 Å². The van der Waals surface area contributed by atoms with Crippen molar-refractivity contribution in [3.63, 3.8) is 0 Å². The molecule has 0 bridgehead atoms. The van der Waals surface area contributed by atoms with Crippen LogP contribution in [-0.2, 0) is 4.79 Å². The molecule has 0 aliphatic carbocycles. The van der Waals surface area contributed by atoms with E-state index < -0.39 is 0 Å². The van der Waals surface area contributed by atoms with Gasteiger partial charge in [-0.15, -0.1) is 0 Å². The van der Waals surface area contributed by atoms with Crippen LogP contribution >= 0.6 is 11.6 Å². The Balaban J connectivity index is 1.36. The first-order chi connectivity index (χ1) is 15.0. The van der Waals surface area contributed by atoms with E-state index in [9.17, 15) is 9.59 Å². The minimum absolute atomic E-state index is 0.148. The highest BCUT2D eigenvalue weighted by atomic mass is 35.5. The first-order valence-corrected chi connectivity index (χ1v) is 11.2. The van der Waals surface area contributed by atoms with Crippen molar-refractivity contribution >= 4 is 29.2 Å². The molecule has 1 heterocycles. The number of nitrogens with zero attached hydrogens (tertiary/aromatic N) is 2. The Morgan fingerprint density at radius 1 is 1.00 bits per heavy atom. The molecule has 1 fully saturated rings. The van der Waals surface area contributed by atoms with Gasteiger partial charge in [0.15, 0.2) is 0 Å². The molecule has 6 nitrogen and oxygen atoms in total. The van der Waals surface area contributed by atoms with Gasteiger partial charge in [0, 0.05) is 43.3 Å². The van der Waals surface area contributed by atoms with Gasteiger partial charge >= 0.3 is 6.03 Å². The Morgan fingerprint density at radius 3 is 2.52 bits per heavy atom.